The number of nitrogens with zero attached hydrogens (tertiary/aromatic N) is 2. The predicted molar refractivity (Wildman–Crippen MR) is 114 cm³/mol. The van der Waals surface area contributed by atoms with Crippen LogP contribution in [0.2, 0.25) is 0 Å². The molecule has 2 saturated heterocycles. The standard InChI is InChI=1S/C23H30F3N3O2/c1-2-27-22(28-12-4-7-18-6-3-8-19(16-18)23(24,25)26)29-13-10-20(11-14-29)31-17-21-9-5-15-30-21/h3,6,8,16,20-21H,2,5,9-15,17H2,1H3,(H,27,28). The molecule has 0 radical (unpaired) electrons. The van der Waals surface area contributed by atoms with Crippen molar-refractivity contribution < 1.29 is 22.6 Å². The molecule has 5 nitrogen and oxygen atoms in total. The number of halogens is 3. The van der Waals surface area contributed by atoms with E-state index in [0.717, 1.165) is 70.0 Å². The summed E-state index contributed by atoms with van der Waals surface area (Å²) >= 11 is 0. The van der Waals surface area contributed by atoms with E-state index >= 15 is 0 Å². The van der Waals surface area contributed by atoms with Gasteiger partial charge in [-0.15, -0.1) is 0 Å². The Balaban J connectivity index is 1.50. The number of hydrogen-bond donors (Lipinski definition) is 1. The van der Waals surface area contributed by atoms with E-state index in [1.54, 1.807) is 6.07 Å². The molecule has 2 aliphatic heterocycles. The number of nitrogens with one attached hydrogen (secondary N) is 1. The molecule has 1 unspecified atom stereocenters. The molecule has 2 fully saturated rings. The molecule has 0 saturated carbocycles. The van der Waals surface area contributed by atoms with Gasteiger partial charge in [-0.1, -0.05) is 17.9 Å². The first-order valence-electron chi connectivity index (χ1n) is 10.9. The maximum atomic E-state index is 12.8. The molecule has 0 amide bonds. The second kappa shape index (κ2) is 11.4. The fourth-order valence-electron chi connectivity index (χ4n) is 3.71. The highest BCUT2D eigenvalue weighted by molar-refractivity contribution is 5.80. The Morgan fingerprint density at radius 1 is 1.29 bits per heavy atom. The van der Waals surface area contributed by atoms with Crippen LogP contribution in [0.15, 0.2) is 29.3 Å². The third-order valence-corrected chi connectivity index (χ3v) is 5.35. The van der Waals surface area contributed by atoms with E-state index in [2.05, 4.69) is 27.0 Å². The van der Waals surface area contributed by atoms with Crippen molar-refractivity contribution in [1.29, 1.82) is 0 Å². The summed E-state index contributed by atoms with van der Waals surface area (Å²) in [6.45, 7) is 6.13. The number of likely N-dealkylation sites (tertiary alicyclic amines) is 1. The van der Waals surface area contributed by atoms with Crippen LogP contribution in [-0.4, -0.2) is 62.5 Å². The number of ether oxygens (including phenoxy) is 2. The maximum Gasteiger partial charge on any atom is 0.416 e. The summed E-state index contributed by atoms with van der Waals surface area (Å²) in [6, 6.07) is 5.04. The van der Waals surface area contributed by atoms with Crippen molar-refractivity contribution in [3.8, 4) is 11.8 Å². The van der Waals surface area contributed by atoms with Crippen molar-refractivity contribution in [2.75, 3.05) is 39.4 Å². The van der Waals surface area contributed by atoms with Crippen molar-refractivity contribution in [3.63, 3.8) is 0 Å². The van der Waals surface area contributed by atoms with E-state index in [9.17, 15) is 13.2 Å². The highest BCUT2D eigenvalue weighted by atomic mass is 19.4. The molecule has 1 aromatic rings. The van der Waals surface area contributed by atoms with Crippen LogP contribution < -0.4 is 5.32 Å². The second-order valence-corrected chi connectivity index (χ2v) is 7.71. The van der Waals surface area contributed by atoms with Gasteiger partial charge >= 0.3 is 6.18 Å². The van der Waals surface area contributed by atoms with Crippen LogP contribution in [0.3, 0.4) is 0 Å². The van der Waals surface area contributed by atoms with Gasteiger partial charge in [0.05, 0.1) is 24.4 Å². The fourth-order valence-corrected chi connectivity index (χ4v) is 3.71. The molecule has 3 rings (SSSR count). The van der Waals surface area contributed by atoms with E-state index < -0.39 is 11.7 Å². The third kappa shape index (κ3) is 7.44. The van der Waals surface area contributed by atoms with Crippen LogP contribution in [0.4, 0.5) is 13.2 Å². The Kier molecular flexibility index (Phi) is 8.61. The Morgan fingerprint density at radius 3 is 2.77 bits per heavy atom. The minimum absolute atomic E-state index is 0.216. The first-order chi connectivity index (χ1) is 15.0. The van der Waals surface area contributed by atoms with Gasteiger partial charge < -0.3 is 19.7 Å². The normalized spacial score (nSPS) is 20.5. The number of alkyl halides is 3. The number of piperidine rings is 1. The number of rotatable bonds is 5. The van der Waals surface area contributed by atoms with Crippen LogP contribution in [0, 0.1) is 11.8 Å². The Morgan fingerprint density at radius 2 is 2.10 bits per heavy atom. The summed E-state index contributed by atoms with van der Waals surface area (Å²) in [4.78, 5) is 6.71. The van der Waals surface area contributed by atoms with Crippen LogP contribution >= 0.6 is 0 Å². The average Bonchev–Trinajstić information content (AvgIpc) is 3.28. The first kappa shape index (κ1) is 23.4. The van der Waals surface area contributed by atoms with Crippen molar-refractivity contribution in [1.82, 2.24) is 10.2 Å². The monoisotopic (exact) mass is 437 g/mol. The van der Waals surface area contributed by atoms with E-state index in [0.29, 0.717) is 12.2 Å². The molecule has 1 atom stereocenters. The zero-order valence-electron chi connectivity index (χ0n) is 17.9. The van der Waals surface area contributed by atoms with Gasteiger partial charge in [0, 0.05) is 31.8 Å². The summed E-state index contributed by atoms with van der Waals surface area (Å²) < 4.78 is 50.1. The van der Waals surface area contributed by atoms with Gasteiger partial charge in [0.15, 0.2) is 5.96 Å². The second-order valence-electron chi connectivity index (χ2n) is 7.71. The largest absolute Gasteiger partial charge is 0.416 e. The summed E-state index contributed by atoms with van der Waals surface area (Å²) in [5.41, 5.74) is -0.361. The van der Waals surface area contributed by atoms with Gasteiger partial charge in [0.25, 0.3) is 0 Å². The molecule has 0 spiro atoms. The Labute approximate surface area is 182 Å². The molecular weight excluding hydrogens is 407 g/mol. The Bertz CT molecular complexity index is 787. The minimum Gasteiger partial charge on any atom is -0.376 e. The highest BCUT2D eigenvalue weighted by Gasteiger charge is 2.30. The Hall–Kier alpha value is -2.24. The molecule has 0 aliphatic carbocycles. The van der Waals surface area contributed by atoms with Crippen LogP contribution in [0.5, 0.6) is 0 Å². The minimum atomic E-state index is -4.37. The summed E-state index contributed by atoms with van der Waals surface area (Å²) in [5, 5.41) is 3.27. The number of benzene rings is 1. The lowest BCUT2D eigenvalue weighted by Crippen LogP contribution is -2.47. The molecule has 2 heterocycles. The van der Waals surface area contributed by atoms with Crippen molar-refractivity contribution in [2.24, 2.45) is 4.99 Å². The summed E-state index contributed by atoms with van der Waals surface area (Å²) in [5.74, 6) is 6.41. The van der Waals surface area contributed by atoms with E-state index in [1.807, 2.05) is 6.92 Å². The van der Waals surface area contributed by atoms with Gasteiger partial charge in [0.1, 0.15) is 6.54 Å². The van der Waals surface area contributed by atoms with Crippen molar-refractivity contribution >= 4 is 5.96 Å². The molecular formula is C23H30F3N3O2. The van der Waals surface area contributed by atoms with E-state index in [4.69, 9.17) is 9.47 Å². The smallest absolute Gasteiger partial charge is 0.376 e. The molecule has 2 aliphatic rings. The topological polar surface area (TPSA) is 46.1 Å². The third-order valence-electron chi connectivity index (χ3n) is 5.35. The first-order valence-corrected chi connectivity index (χ1v) is 10.9. The van der Waals surface area contributed by atoms with Crippen LogP contribution in [0.25, 0.3) is 0 Å². The van der Waals surface area contributed by atoms with Gasteiger partial charge in [-0.05, 0) is 50.8 Å². The average molecular weight is 438 g/mol. The number of guanidine groups is 1. The molecule has 1 aromatic carbocycles. The van der Waals surface area contributed by atoms with Gasteiger partial charge in [0.2, 0.25) is 0 Å². The lowest BCUT2D eigenvalue weighted by Gasteiger charge is -2.34. The van der Waals surface area contributed by atoms with E-state index in [-0.39, 0.29) is 18.8 Å². The van der Waals surface area contributed by atoms with Crippen molar-refractivity contribution in [2.45, 2.75) is 51.0 Å². The summed E-state index contributed by atoms with van der Waals surface area (Å²) in [7, 11) is 0. The van der Waals surface area contributed by atoms with Crippen molar-refractivity contribution in [3.05, 3.63) is 35.4 Å². The zero-order valence-corrected chi connectivity index (χ0v) is 17.9. The zero-order chi connectivity index (χ0) is 22.1. The van der Waals surface area contributed by atoms with Gasteiger partial charge in [-0.3, -0.25) is 0 Å². The molecule has 170 valence electrons. The quantitative estimate of drug-likeness (QED) is 0.434. The van der Waals surface area contributed by atoms with Gasteiger partial charge in [-0.25, -0.2) is 4.99 Å². The predicted octanol–water partition coefficient (Wildman–Crippen LogP) is 3.68. The molecule has 0 aromatic heterocycles. The molecule has 0 bridgehead atoms. The van der Waals surface area contributed by atoms with E-state index in [1.165, 1.54) is 6.07 Å². The lowest BCUT2D eigenvalue weighted by atomic mass is 10.1. The molecule has 1 N–H and O–H groups in total. The molecule has 31 heavy (non-hydrogen) atoms. The lowest BCUT2D eigenvalue weighted by molar-refractivity contribution is -0.137. The SMILES string of the molecule is CCNC(=NCC#Cc1cccc(C(F)(F)F)c1)N1CCC(OCC2CCCO2)CC1. The summed E-state index contributed by atoms with van der Waals surface area (Å²) in [6.07, 6.45) is 0.161. The molecule has 8 heteroatoms. The maximum absolute atomic E-state index is 12.8. The van der Waals surface area contributed by atoms with Crippen LogP contribution in [-0.2, 0) is 15.7 Å². The number of aliphatic imine (C=N–C) groups is 1. The fraction of sp³-hybridized carbons (Fsp3) is 0.609. The highest BCUT2D eigenvalue weighted by Crippen LogP contribution is 2.29. The van der Waals surface area contributed by atoms with Gasteiger partial charge in [-0.2, -0.15) is 13.2 Å². The van der Waals surface area contributed by atoms with Crippen LogP contribution in [0.1, 0.15) is 43.7 Å². The number of hydrogen-bond acceptors (Lipinski definition) is 3.